The number of carbonyl (C=O) groups excluding carboxylic acids is 1. The van der Waals surface area contributed by atoms with Crippen LogP contribution in [-0.2, 0) is 6.18 Å². The lowest BCUT2D eigenvalue weighted by Gasteiger charge is -2.10. The number of halogens is 5. The molecule has 2 aromatic carbocycles. The van der Waals surface area contributed by atoms with Crippen LogP contribution in [0.1, 0.15) is 15.9 Å². The van der Waals surface area contributed by atoms with E-state index < -0.39 is 23.2 Å². The average Bonchev–Trinajstić information content (AvgIpc) is 2.54. The Morgan fingerprint density at radius 3 is 2.54 bits per heavy atom. The van der Waals surface area contributed by atoms with Gasteiger partial charge in [0.1, 0.15) is 5.56 Å². The van der Waals surface area contributed by atoms with Gasteiger partial charge in [0.05, 0.1) is 10.6 Å². The zero-order valence-corrected chi connectivity index (χ0v) is 14.3. The van der Waals surface area contributed by atoms with Crippen LogP contribution in [0.15, 0.2) is 46.9 Å². The van der Waals surface area contributed by atoms with E-state index in [1.807, 2.05) is 0 Å². The molecular weight excluding hydrogens is 392 g/mol. The van der Waals surface area contributed by atoms with Crippen LogP contribution < -0.4 is 10.9 Å². The van der Waals surface area contributed by atoms with Crippen LogP contribution in [0.5, 0.6) is 0 Å². The minimum Gasteiger partial charge on any atom is -0.437 e. The summed E-state index contributed by atoms with van der Waals surface area (Å²) in [4.78, 5) is 12.4. The molecule has 0 bridgehead atoms. The van der Waals surface area contributed by atoms with E-state index in [-0.39, 0.29) is 21.9 Å². The van der Waals surface area contributed by atoms with Gasteiger partial charge in [-0.25, -0.2) is 0 Å². The van der Waals surface area contributed by atoms with Gasteiger partial charge < -0.3 is 9.73 Å². The number of hydrogen-bond donors (Lipinski definition) is 2. The summed E-state index contributed by atoms with van der Waals surface area (Å²) in [6.07, 6.45) is -4.53. The van der Waals surface area contributed by atoms with Crippen molar-refractivity contribution in [2.24, 2.45) is 0 Å². The summed E-state index contributed by atoms with van der Waals surface area (Å²) in [6.45, 7) is 0. The second kappa shape index (κ2) is 6.66. The summed E-state index contributed by atoms with van der Waals surface area (Å²) in [6, 6.07) is 8.42. The highest BCUT2D eigenvalue weighted by atomic mass is 35.5. The van der Waals surface area contributed by atoms with Gasteiger partial charge in [0.2, 0.25) is 5.55 Å². The predicted molar refractivity (Wildman–Crippen MR) is 91.5 cm³/mol. The SMILES string of the molecule is N=c1oc2c(Cl)cc(Cl)cc2cc1C(=O)Nc1cccc(C(F)(F)F)c1. The number of fused-ring (bicyclic) bond motifs is 1. The van der Waals surface area contributed by atoms with Crippen molar-refractivity contribution in [1.82, 2.24) is 0 Å². The Morgan fingerprint density at radius 2 is 1.85 bits per heavy atom. The minimum atomic E-state index is -4.53. The Labute approximate surface area is 154 Å². The summed E-state index contributed by atoms with van der Waals surface area (Å²) >= 11 is 11.9. The molecule has 0 spiro atoms. The van der Waals surface area contributed by atoms with Crippen molar-refractivity contribution in [3.05, 3.63) is 69.2 Å². The second-order valence-corrected chi connectivity index (χ2v) is 6.17. The van der Waals surface area contributed by atoms with Gasteiger partial charge in [-0.3, -0.25) is 10.2 Å². The molecular formula is C17H9Cl2F3N2O2. The second-order valence-electron chi connectivity index (χ2n) is 5.33. The first-order valence-electron chi connectivity index (χ1n) is 7.11. The molecule has 1 amide bonds. The number of carbonyl (C=O) groups is 1. The van der Waals surface area contributed by atoms with Gasteiger partial charge in [-0.2, -0.15) is 13.2 Å². The first kappa shape index (κ1) is 18.3. The highest BCUT2D eigenvalue weighted by Crippen LogP contribution is 2.31. The van der Waals surface area contributed by atoms with Gasteiger partial charge >= 0.3 is 6.18 Å². The maximum atomic E-state index is 12.8. The lowest BCUT2D eigenvalue weighted by molar-refractivity contribution is -0.137. The van der Waals surface area contributed by atoms with Gasteiger partial charge in [-0.15, -0.1) is 0 Å². The minimum absolute atomic E-state index is 0.0616. The Kier molecular flexibility index (Phi) is 4.68. The Morgan fingerprint density at radius 1 is 1.12 bits per heavy atom. The summed E-state index contributed by atoms with van der Waals surface area (Å²) < 4.78 is 43.5. The van der Waals surface area contributed by atoms with E-state index in [4.69, 9.17) is 33.0 Å². The number of amides is 1. The highest BCUT2D eigenvalue weighted by Gasteiger charge is 2.30. The molecule has 0 aliphatic rings. The zero-order valence-electron chi connectivity index (χ0n) is 12.7. The van der Waals surface area contributed by atoms with E-state index >= 15 is 0 Å². The third-order valence-electron chi connectivity index (χ3n) is 3.48. The quantitative estimate of drug-likeness (QED) is 0.597. The molecule has 1 aromatic heterocycles. The van der Waals surface area contributed by atoms with Crippen LogP contribution >= 0.6 is 23.2 Å². The van der Waals surface area contributed by atoms with Crippen LogP contribution in [0.2, 0.25) is 10.0 Å². The fraction of sp³-hybridized carbons (Fsp3) is 0.0588. The van der Waals surface area contributed by atoms with E-state index in [9.17, 15) is 18.0 Å². The fourth-order valence-corrected chi connectivity index (χ4v) is 2.86. The molecule has 9 heteroatoms. The van der Waals surface area contributed by atoms with Crippen molar-refractivity contribution in [3.63, 3.8) is 0 Å². The number of anilines is 1. The fourth-order valence-electron chi connectivity index (χ4n) is 2.31. The number of alkyl halides is 3. The molecule has 0 saturated heterocycles. The third kappa shape index (κ3) is 3.68. The molecule has 1 heterocycles. The number of rotatable bonds is 2. The van der Waals surface area contributed by atoms with E-state index in [1.165, 1.54) is 30.3 Å². The average molecular weight is 401 g/mol. The van der Waals surface area contributed by atoms with Crippen molar-refractivity contribution in [3.8, 4) is 0 Å². The van der Waals surface area contributed by atoms with Gasteiger partial charge in [-0.1, -0.05) is 29.3 Å². The Hall–Kier alpha value is -2.51. The maximum Gasteiger partial charge on any atom is 0.416 e. The summed E-state index contributed by atoms with van der Waals surface area (Å²) in [5.41, 5.74) is -1.44. The molecule has 3 aromatic rings. The standard InChI is InChI=1S/C17H9Cl2F3N2O2/c18-10-4-8-5-12(15(23)26-14(8)13(19)7-10)16(25)24-11-3-1-2-9(6-11)17(20,21)22/h1-7,23H,(H,24,25). The van der Waals surface area contributed by atoms with Crippen molar-refractivity contribution in [2.45, 2.75) is 6.18 Å². The number of hydrogen-bond acceptors (Lipinski definition) is 3. The van der Waals surface area contributed by atoms with Crippen molar-refractivity contribution < 1.29 is 22.4 Å². The molecule has 0 saturated carbocycles. The molecule has 0 aliphatic carbocycles. The lowest BCUT2D eigenvalue weighted by Crippen LogP contribution is -2.21. The summed E-state index contributed by atoms with van der Waals surface area (Å²) in [7, 11) is 0. The molecule has 0 atom stereocenters. The molecule has 0 fully saturated rings. The lowest BCUT2D eigenvalue weighted by atomic mass is 10.1. The predicted octanol–water partition coefficient (Wildman–Crippen LogP) is 5.49. The van der Waals surface area contributed by atoms with Gasteiger partial charge in [0.25, 0.3) is 5.91 Å². The van der Waals surface area contributed by atoms with E-state index in [2.05, 4.69) is 5.32 Å². The highest BCUT2D eigenvalue weighted by molar-refractivity contribution is 6.38. The van der Waals surface area contributed by atoms with Crippen LogP contribution in [0.4, 0.5) is 18.9 Å². The van der Waals surface area contributed by atoms with E-state index in [0.717, 1.165) is 12.1 Å². The summed E-state index contributed by atoms with van der Waals surface area (Å²) in [5.74, 6) is -0.795. The molecule has 26 heavy (non-hydrogen) atoms. The van der Waals surface area contributed by atoms with Crippen molar-refractivity contribution in [1.29, 1.82) is 5.41 Å². The Balaban J connectivity index is 1.98. The number of benzene rings is 2. The van der Waals surface area contributed by atoms with Crippen LogP contribution in [0, 0.1) is 5.41 Å². The topological polar surface area (TPSA) is 66.1 Å². The third-order valence-corrected chi connectivity index (χ3v) is 3.98. The van der Waals surface area contributed by atoms with Crippen LogP contribution in [0.25, 0.3) is 11.0 Å². The van der Waals surface area contributed by atoms with Gasteiger partial charge in [0, 0.05) is 16.1 Å². The monoisotopic (exact) mass is 400 g/mol. The molecule has 0 aliphatic heterocycles. The van der Waals surface area contributed by atoms with E-state index in [1.54, 1.807) is 0 Å². The largest absolute Gasteiger partial charge is 0.437 e. The molecule has 0 radical (unpaired) electrons. The summed E-state index contributed by atoms with van der Waals surface area (Å²) in [5, 5.41) is 11.0. The Bertz CT molecular complexity index is 1080. The van der Waals surface area contributed by atoms with E-state index in [0.29, 0.717) is 10.4 Å². The first-order valence-corrected chi connectivity index (χ1v) is 7.87. The number of nitrogens with one attached hydrogen (secondary N) is 2. The normalized spacial score (nSPS) is 11.6. The van der Waals surface area contributed by atoms with Crippen molar-refractivity contribution in [2.75, 3.05) is 5.32 Å². The molecule has 134 valence electrons. The zero-order chi connectivity index (χ0) is 19.1. The molecule has 0 unspecified atom stereocenters. The molecule has 2 N–H and O–H groups in total. The molecule has 4 nitrogen and oxygen atoms in total. The van der Waals surface area contributed by atoms with Gasteiger partial charge in [-0.05, 0) is 36.4 Å². The van der Waals surface area contributed by atoms with Gasteiger partial charge in [0.15, 0.2) is 5.58 Å². The van der Waals surface area contributed by atoms with Crippen LogP contribution in [-0.4, -0.2) is 5.91 Å². The van der Waals surface area contributed by atoms with Crippen LogP contribution in [0.3, 0.4) is 0 Å². The first-order chi connectivity index (χ1) is 12.1. The molecule has 3 rings (SSSR count). The van der Waals surface area contributed by atoms with Crippen molar-refractivity contribution >= 4 is 45.8 Å². The maximum absolute atomic E-state index is 12.8. The smallest absolute Gasteiger partial charge is 0.416 e.